The maximum atomic E-state index is 11.2. The van der Waals surface area contributed by atoms with E-state index in [4.69, 9.17) is 5.11 Å². The van der Waals surface area contributed by atoms with Gasteiger partial charge >= 0.3 is 5.97 Å². The third-order valence-electron chi connectivity index (χ3n) is 2.54. The van der Waals surface area contributed by atoms with Crippen molar-refractivity contribution in [3.05, 3.63) is 42.4 Å². The summed E-state index contributed by atoms with van der Waals surface area (Å²) in [5.41, 5.74) is 0.882. The lowest BCUT2D eigenvalue weighted by atomic mass is 10.2. The van der Waals surface area contributed by atoms with Crippen LogP contribution in [0.1, 0.15) is 10.4 Å². The summed E-state index contributed by atoms with van der Waals surface area (Å²) in [6.45, 7) is 0. The number of fused-ring (bicyclic) bond motifs is 1. The van der Waals surface area contributed by atoms with E-state index in [1.54, 1.807) is 30.5 Å². The van der Waals surface area contributed by atoms with Crippen molar-refractivity contribution >= 4 is 28.8 Å². The van der Waals surface area contributed by atoms with Gasteiger partial charge in [-0.15, -0.1) is 0 Å². The van der Waals surface area contributed by atoms with Crippen molar-refractivity contribution in [2.24, 2.45) is 0 Å². The van der Waals surface area contributed by atoms with Crippen LogP contribution in [0.3, 0.4) is 0 Å². The molecule has 0 radical (unpaired) electrons. The van der Waals surface area contributed by atoms with Gasteiger partial charge in [0, 0.05) is 4.90 Å². The number of aromatic amines is 1. The topological polar surface area (TPSA) is 91.8 Å². The molecule has 0 aliphatic rings. The van der Waals surface area contributed by atoms with Crippen LogP contribution in [0.2, 0.25) is 0 Å². The van der Waals surface area contributed by atoms with Crippen molar-refractivity contribution in [2.45, 2.75) is 9.92 Å². The summed E-state index contributed by atoms with van der Waals surface area (Å²) in [7, 11) is 0. The molecule has 0 amide bonds. The molecule has 2 N–H and O–H groups in total. The second-order valence-electron chi connectivity index (χ2n) is 3.71. The predicted octanol–water partition coefficient (Wildman–Crippen LogP) is 2.20. The molecule has 0 saturated heterocycles. The first-order valence-corrected chi connectivity index (χ1v) is 6.21. The number of nitrogens with zero attached hydrogens (tertiary/aromatic N) is 3. The molecule has 0 unspecified atom stereocenters. The maximum absolute atomic E-state index is 11.2. The van der Waals surface area contributed by atoms with Crippen LogP contribution in [0.5, 0.6) is 0 Å². The van der Waals surface area contributed by atoms with Gasteiger partial charge in [0.15, 0.2) is 5.65 Å². The van der Waals surface area contributed by atoms with Crippen LogP contribution in [-0.2, 0) is 0 Å². The second-order valence-corrected chi connectivity index (χ2v) is 4.75. The van der Waals surface area contributed by atoms with Gasteiger partial charge in [0.1, 0.15) is 11.4 Å². The van der Waals surface area contributed by atoms with Crippen molar-refractivity contribution < 1.29 is 9.90 Å². The third-order valence-corrected chi connectivity index (χ3v) is 3.63. The van der Waals surface area contributed by atoms with E-state index in [0.29, 0.717) is 15.6 Å². The first kappa shape index (κ1) is 11.7. The van der Waals surface area contributed by atoms with Crippen molar-refractivity contribution in [3.8, 4) is 0 Å². The molecule has 0 bridgehead atoms. The quantitative estimate of drug-likeness (QED) is 0.710. The standard InChI is InChI=1S/C12H8N4O2S/c17-12(18)7-3-1-2-4-9(7)19-11-8-5-15-16-10(8)13-6-14-11/h1-6H,(H,17,18)(H,13,14,15,16). The average molecular weight is 272 g/mol. The Morgan fingerprint density at radius 1 is 1.26 bits per heavy atom. The molecule has 0 saturated carbocycles. The molecule has 19 heavy (non-hydrogen) atoms. The molecule has 6 nitrogen and oxygen atoms in total. The average Bonchev–Trinajstić information content (AvgIpc) is 2.88. The fourth-order valence-electron chi connectivity index (χ4n) is 1.66. The van der Waals surface area contributed by atoms with Gasteiger partial charge in [-0.1, -0.05) is 23.9 Å². The Bertz CT molecular complexity index is 756. The number of carboxylic acids is 1. The van der Waals surface area contributed by atoms with Crippen LogP contribution in [0.25, 0.3) is 11.0 Å². The van der Waals surface area contributed by atoms with Gasteiger partial charge in [0.25, 0.3) is 0 Å². The number of carbonyl (C=O) groups is 1. The minimum Gasteiger partial charge on any atom is -0.478 e. The first-order chi connectivity index (χ1) is 9.25. The Balaban J connectivity index is 2.06. The number of H-pyrrole nitrogens is 1. The first-order valence-electron chi connectivity index (χ1n) is 5.40. The van der Waals surface area contributed by atoms with E-state index < -0.39 is 5.97 Å². The number of aromatic nitrogens is 4. The Morgan fingerprint density at radius 2 is 2.11 bits per heavy atom. The molecule has 0 fully saturated rings. The Kier molecular flexibility index (Phi) is 2.88. The molecule has 94 valence electrons. The van der Waals surface area contributed by atoms with Crippen molar-refractivity contribution in [3.63, 3.8) is 0 Å². The fourth-order valence-corrected chi connectivity index (χ4v) is 2.64. The van der Waals surface area contributed by atoms with Crippen LogP contribution >= 0.6 is 11.8 Å². The molecule has 0 aliphatic carbocycles. The lowest BCUT2D eigenvalue weighted by Crippen LogP contribution is -1.98. The number of carboxylic acid groups (broad SMARTS) is 1. The van der Waals surface area contributed by atoms with E-state index in [0.717, 1.165) is 5.39 Å². The smallest absolute Gasteiger partial charge is 0.336 e. The van der Waals surface area contributed by atoms with Crippen LogP contribution < -0.4 is 0 Å². The molecular weight excluding hydrogens is 264 g/mol. The van der Waals surface area contributed by atoms with Gasteiger partial charge in [0.2, 0.25) is 0 Å². The highest BCUT2D eigenvalue weighted by Crippen LogP contribution is 2.32. The van der Waals surface area contributed by atoms with E-state index in [1.165, 1.54) is 18.1 Å². The number of nitrogens with one attached hydrogen (secondary N) is 1. The molecule has 0 aliphatic heterocycles. The number of hydrogen-bond donors (Lipinski definition) is 2. The normalized spacial score (nSPS) is 10.7. The zero-order valence-corrected chi connectivity index (χ0v) is 10.4. The SMILES string of the molecule is O=C(O)c1ccccc1Sc1ncnc2[nH]ncc12. The van der Waals surface area contributed by atoms with Crippen molar-refractivity contribution in [1.82, 2.24) is 20.2 Å². The minimum atomic E-state index is -0.958. The molecular formula is C12H8N4O2S. The third kappa shape index (κ3) is 2.15. The number of rotatable bonds is 3. The second kappa shape index (κ2) is 4.69. The zero-order valence-electron chi connectivity index (χ0n) is 9.57. The summed E-state index contributed by atoms with van der Waals surface area (Å²) < 4.78 is 0. The maximum Gasteiger partial charge on any atom is 0.336 e. The molecule has 3 rings (SSSR count). The molecule has 3 aromatic rings. The summed E-state index contributed by atoms with van der Waals surface area (Å²) in [4.78, 5) is 20.0. The number of hydrogen-bond acceptors (Lipinski definition) is 5. The van der Waals surface area contributed by atoms with Gasteiger partial charge < -0.3 is 5.11 Å². The zero-order chi connectivity index (χ0) is 13.2. The summed E-state index contributed by atoms with van der Waals surface area (Å²) >= 11 is 1.28. The Morgan fingerprint density at radius 3 is 2.95 bits per heavy atom. The number of aromatic carboxylic acids is 1. The lowest BCUT2D eigenvalue weighted by molar-refractivity contribution is 0.0693. The highest BCUT2D eigenvalue weighted by atomic mass is 32.2. The minimum absolute atomic E-state index is 0.253. The van der Waals surface area contributed by atoms with Gasteiger partial charge in [-0.2, -0.15) is 5.10 Å². The van der Waals surface area contributed by atoms with E-state index in [-0.39, 0.29) is 5.56 Å². The Labute approximate surface area is 111 Å². The molecule has 0 atom stereocenters. The van der Waals surface area contributed by atoms with E-state index in [9.17, 15) is 4.79 Å². The van der Waals surface area contributed by atoms with Crippen molar-refractivity contribution in [2.75, 3.05) is 0 Å². The highest BCUT2D eigenvalue weighted by Gasteiger charge is 2.13. The Hall–Kier alpha value is -2.41. The molecule has 0 spiro atoms. The van der Waals surface area contributed by atoms with Crippen LogP contribution in [-0.4, -0.2) is 31.2 Å². The molecule has 7 heteroatoms. The van der Waals surface area contributed by atoms with Crippen LogP contribution in [0.4, 0.5) is 0 Å². The molecule has 2 heterocycles. The van der Waals surface area contributed by atoms with E-state index >= 15 is 0 Å². The summed E-state index contributed by atoms with van der Waals surface area (Å²) in [6, 6.07) is 6.81. The summed E-state index contributed by atoms with van der Waals surface area (Å²) in [5.74, 6) is -0.958. The molecule has 1 aromatic carbocycles. The van der Waals surface area contributed by atoms with Crippen LogP contribution in [0, 0.1) is 0 Å². The highest BCUT2D eigenvalue weighted by molar-refractivity contribution is 7.99. The van der Waals surface area contributed by atoms with Gasteiger partial charge in [-0.3, -0.25) is 5.10 Å². The van der Waals surface area contributed by atoms with Crippen LogP contribution in [0.15, 0.2) is 46.7 Å². The van der Waals surface area contributed by atoms with Gasteiger partial charge in [-0.25, -0.2) is 14.8 Å². The van der Waals surface area contributed by atoms with Crippen molar-refractivity contribution in [1.29, 1.82) is 0 Å². The molecule has 2 aromatic heterocycles. The largest absolute Gasteiger partial charge is 0.478 e. The lowest BCUT2D eigenvalue weighted by Gasteiger charge is -2.05. The van der Waals surface area contributed by atoms with Gasteiger partial charge in [-0.05, 0) is 12.1 Å². The van der Waals surface area contributed by atoms with Gasteiger partial charge in [0.05, 0.1) is 17.1 Å². The fraction of sp³-hybridized carbons (Fsp3) is 0. The monoisotopic (exact) mass is 272 g/mol. The van der Waals surface area contributed by atoms with E-state index in [1.807, 2.05) is 0 Å². The predicted molar refractivity (Wildman–Crippen MR) is 69.2 cm³/mol. The summed E-state index contributed by atoms with van der Waals surface area (Å²) in [5, 5.41) is 17.3. The number of benzene rings is 1. The van der Waals surface area contributed by atoms with E-state index in [2.05, 4.69) is 20.2 Å². The summed E-state index contributed by atoms with van der Waals surface area (Å²) in [6.07, 6.45) is 3.05.